The highest BCUT2D eigenvalue weighted by Gasteiger charge is 2.15. The van der Waals surface area contributed by atoms with E-state index in [1.165, 1.54) is 18.2 Å². The van der Waals surface area contributed by atoms with Crippen LogP contribution in [0.15, 0.2) is 22.7 Å². The molecule has 20 heavy (non-hydrogen) atoms. The molecule has 1 N–H and O–H groups in total. The minimum absolute atomic E-state index is 0.0994. The number of nitrogens with zero attached hydrogens (tertiary/aromatic N) is 2. The van der Waals surface area contributed by atoms with E-state index in [9.17, 15) is 14.9 Å². The molecule has 7 heteroatoms. The number of amides is 1. The Morgan fingerprint density at radius 1 is 1.50 bits per heavy atom. The highest BCUT2D eigenvalue weighted by atomic mass is 79.9. The number of non-ortho nitro benzene ring substituents is 1. The molecular weight excluding hydrogens is 326 g/mol. The van der Waals surface area contributed by atoms with Crippen molar-refractivity contribution in [1.82, 2.24) is 10.2 Å². The fourth-order valence-electron chi connectivity index (χ4n) is 1.50. The van der Waals surface area contributed by atoms with Crippen molar-refractivity contribution in [3.63, 3.8) is 0 Å². The predicted octanol–water partition coefficient (Wildman–Crippen LogP) is 2.43. The van der Waals surface area contributed by atoms with Crippen LogP contribution < -0.4 is 5.32 Å². The van der Waals surface area contributed by atoms with Crippen molar-refractivity contribution in [2.24, 2.45) is 0 Å². The lowest BCUT2D eigenvalue weighted by atomic mass is 10.2. The average Bonchev–Trinajstić information content (AvgIpc) is 2.38. The van der Waals surface area contributed by atoms with Crippen molar-refractivity contribution >= 4 is 27.5 Å². The van der Waals surface area contributed by atoms with Gasteiger partial charge in [0.05, 0.1) is 10.5 Å². The first-order chi connectivity index (χ1) is 9.32. The first kappa shape index (κ1) is 16.6. The van der Waals surface area contributed by atoms with Gasteiger partial charge in [-0.3, -0.25) is 14.9 Å². The highest BCUT2D eigenvalue weighted by Crippen LogP contribution is 2.22. The topological polar surface area (TPSA) is 75.5 Å². The molecule has 0 bridgehead atoms. The Morgan fingerprint density at radius 3 is 2.70 bits per heavy atom. The molecule has 0 aromatic heterocycles. The molecule has 0 aliphatic carbocycles. The zero-order valence-electron chi connectivity index (χ0n) is 11.7. The van der Waals surface area contributed by atoms with Crippen LogP contribution in [0, 0.1) is 10.1 Å². The van der Waals surface area contributed by atoms with Crippen LogP contribution in [0.25, 0.3) is 0 Å². The number of carbonyl (C=O) groups excluding carboxylic acids is 1. The number of benzene rings is 1. The van der Waals surface area contributed by atoms with Gasteiger partial charge >= 0.3 is 0 Å². The third kappa shape index (κ3) is 4.57. The van der Waals surface area contributed by atoms with E-state index in [2.05, 4.69) is 40.0 Å². The quantitative estimate of drug-likeness (QED) is 0.635. The lowest BCUT2D eigenvalue weighted by molar-refractivity contribution is -0.384. The van der Waals surface area contributed by atoms with Crippen molar-refractivity contribution < 1.29 is 9.72 Å². The first-order valence-electron chi connectivity index (χ1n) is 6.25. The minimum Gasteiger partial charge on any atom is -0.351 e. The Morgan fingerprint density at radius 2 is 2.15 bits per heavy atom. The molecule has 0 aliphatic rings. The van der Waals surface area contributed by atoms with Crippen LogP contribution >= 0.6 is 15.9 Å². The zero-order valence-corrected chi connectivity index (χ0v) is 13.3. The Bertz CT molecular complexity index is 506. The van der Waals surface area contributed by atoms with Crippen molar-refractivity contribution in [3.05, 3.63) is 38.3 Å². The Balaban J connectivity index is 2.68. The number of nitro groups is 1. The van der Waals surface area contributed by atoms with E-state index in [4.69, 9.17) is 0 Å². The van der Waals surface area contributed by atoms with Gasteiger partial charge in [-0.15, -0.1) is 0 Å². The molecule has 1 amide bonds. The van der Waals surface area contributed by atoms with Crippen LogP contribution in [0.1, 0.15) is 24.2 Å². The second-order valence-corrected chi connectivity index (χ2v) is 5.61. The van der Waals surface area contributed by atoms with E-state index in [1.54, 1.807) is 0 Å². The number of carbonyl (C=O) groups is 1. The molecule has 0 saturated carbocycles. The van der Waals surface area contributed by atoms with Crippen LogP contribution in [0.2, 0.25) is 0 Å². The van der Waals surface area contributed by atoms with Gasteiger partial charge in [-0.1, -0.05) is 0 Å². The maximum Gasteiger partial charge on any atom is 0.270 e. The Kier molecular flexibility index (Phi) is 6.09. The lowest BCUT2D eigenvalue weighted by Crippen LogP contribution is -2.36. The van der Waals surface area contributed by atoms with Crippen LogP contribution in [0.4, 0.5) is 5.69 Å². The molecule has 0 atom stereocenters. The molecule has 0 radical (unpaired) electrons. The van der Waals surface area contributed by atoms with Crippen molar-refractivity contribution in [2.45, 2.75) is 19.9 Å². The molecule has 1 rings (SSSR count). The van der Waals surface area contributed by atoms with E-state index in [0.717, 1.165) is 6.54 Å². The molecule has 110 valence electrons. The number of nitro benzene ring substituents is 1. The number of nitrogens with one attached hydrogen (secondary N) is 1. The molecule has 0 spiro atoms. The average molecular weight is 344 g/mol. The molecule has 0 unspecified atom stereocenters. The van der Waals surface area contributed by atoms with Gasteiger partial charge in [0.15, 0.2) is 0 Å². The van der Waals surface area contributed by atoms with Crippen LogP contribution in [-0.2, 0) is 0 Å². The summed E-state index contributed by atoms with van der Waals surface area (Å²) in [7, 11) is 1.97. The van der Waals surface area contributed by atoms with Gasteiger partial charge in [-0.2, -0.15) is 0 Å². The molecule has 0 aliphatic heterocycles. The van der Waals surface area contributed by atoms with Crippen molar-refractivity contribution in [3.8, 4) is 0 Å². The SMILES string of the molecule is CC(C)N(C)CCNC(=O)c1cc([N+](=O)[O-])ccc1Br. The van der Waals surface area contributed by atoms with Gasteiger partial charge in [0.2, 0.25) is 0 Å². The number of likely N-dealkylation sites (N-methyl/N-ethyl adjacent to an activating group) is 1. The van der Waals surface area contributed by atoms with Gasteiger partial charge in [-0.25, -0.2) is 0 Å². The summed E-state index contributed by atoms with van der Waals surface area (Å²) in [6, 6.07) is 4.53. The van der Waals surface area contributed by atoms with Gasteiger partial charge in [-0.05, 0) is 42.9 Å². The van der Waals surface area contributed by atoms with E-state index in [0.29, 0.717) is 17.1 Å². The lowest BCUT2D eigenvalue weighted by Gasteiger charge is -2.20. The van der Waals surface area contributed by atoms with Gasteiger partial charge in [0.1, 0.15) is 0 Å². The molecule has 0 fully saturated rings. The van der Waals surface area contributed by atoms with E-state index < -0.39 is 4.92 Å². The highest BCUT2D eigenvalue weighted by molar-refractivity contribution is 9.10. The van der Waals surface area contributed by atoms with Gasteiger partial charge in [0, 0.05) is 35.7 Å². The summed E-state index contributed by atoms with van der Waals surface area (Å²) in [4.78, 5) is 24.3. The maximum absolute atomic E-state index is 12.0. The van der Waals surface area contributed by atoms with Crippen molar-refractivity contribution in [2.75, 3.05) is 20.1 Å². The largest absolute Gasteiger partial charge is 0.351 e. The predicted molar refractivity (Wildman–Crippen MR) is 80.9 cm³/mol. The maximum atomic E-state index is 12.0. The summed E-state index contributed by atoms with van der Waals surface area (Å²) < 4.78 is 0.540. The molecule has 0 saturated heterocycles. The number of halogens is 1. The fraction of sp³-hybridized carbons (Fsp3) is 0.462. The van der Waals surface area contributed by atoms with Crippen LogP contribution in [0.5, 0.6) is 0 Å². The van der Waals surface area contributed by atoms with Crippen LogP contribution in [0.3, 0.4) is 0 Å². The fourth-order valence-corrected chi connectivity index (χ4v) is 1.93. The Hall–Kier alpha value is -1.47. The second kappa shape index (κ2) is 7.35. The van der Waals surface area contributed by atoms with E-state index in [-0.39, 0.29) is 17.2 Å². The summed E-state index contributed by atoms with van der Waals surface area (Å²) in [5.74, 6) is -0.322. The molecular formula is C13H18BrN3O3. The first-order valence-corrected chi connectivity index (χ1v) is 7.04. The van der Waals surface area contributed by atoms with Gasteiger partial charge < -0.3 is 10.2 Å². The third-order valence-electron chi connectivity index (χ3n) is 3.04. The zero-order chi connectivity index (χ0) is 15.3. The number of rotatable bonds is 6. The monoisotopic (exact) mass is 343 g/mol. The molecule has 1 aromatic rings. The summed E-state index contributed by atoms with van der Waals surface area (Å²) in [6.45, 7) is 5.34. The third-order valence-corrected chi connectivity index (χ3v) is 3.73. The normalized spacial score (nSPS) is 10.9. The van der Waals surface area contributed by atoms with E-state index >= 15 is 0 Å². The summed E-state index contributed by atoms with van der Waals surface area (Å²) in [5, 5.41) is 13.5. The van der Waals surface area contributed by atoms with Crippen molar-refractivity contribution in [1.29, 1.82) is 0 Å². The standard InChI is InChI=1S/C13H18BrN3O3/c1-9(2)16(3)7-6-15-13(18)11-8-10(17(19)20)4-5-12(11)14/h4-5,8-9H,6-7H2,1-3H3,(H,15,18). The smallest absolute Gasteiger partial charge is 0.270 e. The van der Waals surface area contributed by atoms with Crippen LogP contribution in [-0.4, -0.2) is 41.9 Å². The summed E-state index contributed by atoms with van der Waals surface area (Å²) >= 11 is 3.23. The minimum atomic E-state index is -0.518. The number of hydrogen-bond acceptors (Lipinski definition) is 4. The van der Waals surface area contributed by atoms with Gasteiger partial charge in [0.25, 0.3) is 11.6 Å². The van der Waals surface area contributed by atoms with E-state index in [1.807, 2.05) is 7.05 Å². The summed E-state index contributed by atoms with van der Waals surface area (Å²) in [6.07, 6.45) is 0. The Labute approximate surface area is 126 Å². The molecule has 1 aromatic carbocycles. The second-order valence-electron chi connectivity index (χ2n) is 4.75. The molecule has 6 nitrogen and oxygen atoms in total. The summed E-state index contributed by atoms with van der Waals surface area (Å²) in [5.41, 5.74) is 0.170. The molecule has 0 heterocycles. The number of hydrogen-bond donors (Lipinski definition) is 1.